The molecule has 0 radical (unpaired) electrons. The third-order valence-electron chi connectivity index (χ3n) is 2.16. The monoisotopic (exact) mass is 239 g/mol. The van der Waals surface area contributed by atoms with Crippen LogP contribution in [0.4, 0.5) is 20.7 Å². The van der Waals surface area contributed by atoms with Gasteiger partial charge in [0.2, 0.25) is 11.9 Å². The van der Waals surface area contributed by atoms with Gasteiger partial charge in [0.1, 0.15) is 0 Å². The molecule has 1 aromatic carbocycles. The number of nitrogens with two attached hydrogens (primary N) is 1. The normalized spacial score (nSPS) is 10.8. The van der Waals surface area contributed by atoms with Crippen LogP contribution in [0.5, 0.6) is 0 Å². The molecule has 0 saturated heterocycles. The number of anilines is 2. The maximum absolute atomic E-state index is 12.4. The molecule has 17 heavy (non-hydrogen) atoms. The van der Waals surface area contributed by atoms with Gasteiger partial charge in [0.25, 0.3) is 6.43 Å². The number of nitrogens with one attached hydrogen (secondary N) is 2. The van der Waals surface area contributed by atoms with Gasteiger partial charge in [0.15, 0.2) is 0 Å². The SMILES string of the molecule is Nc1nc(NCc2cccc(C(F)F)c2)n[nH]1. The van der Waals surface area contributed by atoms with E-state index < -0.39 is 6.43 Å². The molecule has 0 fully saturated rings. The summed E-state index contributed by atoms with van der Waals surface area (Å²) in [5.41, 5.74) is 6.07. The van der Waals surface area contributed by atoms with Crippen LogP contribution in [0.1, 0.15) is 17.6 Å². The van der Waals surface area contributed by atoms with Crippen LogP contribution < -0.4 is 11.1 Å². The van der Waals surface area contributed by atoms with Crippen LogP contribution in [0.3, 0.4) is 0 Å². The molecule has 5 nitrogen and oxygen atoms in total. The highest BCUT2D eigenvalue weighted by Crippen LogP contribution is 2.19. The Balaban J connectivity index is 2.01. The number of H-pyrrole nitrogens is 1. The first-order chi connectivity index (χ1) is 8.15. The minimum Gasteiger partial charge on any atom is -0.368 e. The second kappa shape index (κ2) is 4.77. The Bertz CT molecular complexity index is 497. The lowest BCUT2D eigenvalue weighted by Gasteiger charge is -2.04. The molecule has 4 N–H and O–H groups in total. The van der Waals surface area contributed by atoms with E-state index in [9.17, 15) is 8.78 Å². The number of nitrogen functional groups attached to an aromatic ring is 1. The lowest BCUT2D eigenvalue weighted by molar-refractivity contribution is 0.151. The van der Waals surface area contributed by atoms with Gasteiger partial charge < -0.3 is 11.1 Å². The molecule has 90 valence electrons. The van der Waals surface area contributed by atoms with E-state index in [-0.39, 0.29) is 11.5 Å². The second-order valence-corrected chi connectivity index (χ2v) is 3.44. The van der Waals surface area contributed by atoms with Gasteiger partial charge in [0, 0.05) is 12.1 Å². The van der Waals surface area contributed by atoms with E-state index in [0.717, 1.165) is 5.56 Å². The van der Waals surface area contributed by atoms with Crippen LogP contribution in [0.15, 0.2) is 24.3 Å². The highest BCUT2D eigenvalue weighted by Gasteiger charge is 2.07. The van der Waals surface area contributed by atoms with Crippen LogP contribution in [-0.2, 0) is 6.54 Å². The summed E-state index contributed by atoms with van der Waals surface area (Å²) in [5.74, 6) is 0.541. The summed E-state index contributed by atoms with van der Waals surface area (Å²) in [6.07, 6.45) is -2.46. The summed E-state index contributed by atoms with van der Waals surface area (Å²) in [4.78, 5) is 3.84. The van der Waals surface area contributed by atoms with Crippen molar-refractivity contribution in [3.63, 3.8) is 0 Å². The highest BCUT2D eigenvalue weighted by molar-refractivity contribution is 5.32. The summed E-state index contributed by atoms with van der Waals surface area (Å²) in [6, 6.07) is 6.16. The van der Waals surface area contributed by atoms with Gasteiger partial charge in [-0.15, -0.1) is 5.10 Å². The van der Waals surface area contributed by atoms with E-state index in [0.29, 0.717) is 12.5 Å². The van der Waals surface area contributed by atoms with Crippen molar-refractivity contribution in [3.05, 3.63) is 35.4 Å². The maximum atomic E-state index is 12.4. The summed E-state index contributed by atoms with van der Waals surface area (Å²) in [5, 5.41) is 9.11. The molecule has 0 unspecified atom stereocenters. The zero-order chi connectivity index (χ0) is 12.3. The topological polar surface area (TPSA) is 79.6 Å². The van der Waals surface area contributed by atoms with Crippen molar-refractivity contribution in [1.82, 2.24) is 15.2 Å². The second-order valence-electron chi connectivity index (χ2n) is 3.44. The Kier molecular flexibility index (Phi) is 3.17. The Hall–Kier alpha value is -2.18. The minimum atomic E-state index is -2.46. The smallest absolute Gasteiger partial charge is 0.263 e. The van der Waals surface area contributed by atoms with E-state index in [2.05, 4.69) is 20.5 Å². The van der Waals surface area contributed by atoms with Crippen molar-refractivity contribution in [3.8, 4) is 0 Å². The number of hydrogen-bond acceptors (Lipinski definition) is 4. The lowest BCUT2D eigenvalue weighted by Crippen LogP contribution is -2.01. The number of aromatic nitrogens is 3. The molecule has 0 bridgehead atoms. The van der Waals surface area contributed by atoms with Crippen molar-refractivity contribution >= 4 is 11.9 Å². The van der Waals surface area contributed by atoms with Crippen molar-refractivity contribution in [1.29, 1.82) is 0 Å². The molecule has 0 amide bonds. The van der Waals surface area contributed by atoms with Crippen LogP contribution in [-0.4, -0.2) is 15.2 Å². The molecule has 2 aromatic rings. The maximum Gasteiger partial charge on any atom is 0.263 e. The van der Waals surface area contributed by atoms with Crippen LogP contribution >= 0.6 is 0 Å². The first-order valence-electron chi connectivity index (χ1n) is 4.94. The molecular weight excluding hydrogens is 228 g/mol. The molecule has 0 aliphatic heterocycles. The fourth-order valence-corrected chi connectivity index (χ4v) is 1.37. The van der Waals surface area contributed by atoms with Gasteiger partial charge >= 0.3 is 0 Å². The third-order valence-corrected chi connectivity index (χ3v) is 2.16. The minimum absolute atomic E-state index is 0.00111. The van der Waals surface area contributed by atoms with Crippen LogP contribution in [0.25, 0.3) is 0 Å². The molecule has 1 aromatic heterocycles. The molecule has 0 aliphatic carbocycles. The molecule has 0 spiro atoms. The number of rotatable bonds is 4. The Morgan fingerprint density at radius 3 is 2.88 bits per heavy atom. The summed E-state index contributed by atoms with van der Waals surface area (Å²) >= 11 is 0. The third kappa shape index (κ3) is 2.90. The van der Waals surface area contributed by atoms with Gasteiger partial charge in [-0.3, -0.25) is 0 Å². The number of nitrogens with zero attached hydrogens (tertiary/aromatic N) is 2. The van der Waals surface area contributed by atoms with Gasteiger partial charge in [0.05, 0.1) is 0 Å². The number of halogens is 2. The molecule has 1 heterocycles. The average molecular weight is 239 g/mol. The first kappa shape index (κ1) is 11.3. The van der Waals surface area contributed by atoms with Gasteiger partial charge in [-0.1, -0.05) is 18.2 Å². The van der Waals surface area contributed by atoms with E-state index in [1.54, 1.807) is 12.1 Å². The van der Waals surface area contributed by atoms with Crippen molar-refractivity contribution in [2.75, 3.05) is 11.1 Å². The molecule has 0 saturated carbocycles. The van der Waals surface area contributed by atoms with Crippen molar-refractivity contribution in [2.45, 2.75) is 13.0 Å². The molecular formula is C10H11F2N5. The average Bonchev–Trinajstić information content (AvgIpc) is 2.73. The number of aromatic amines is 1. The molecule has 0 aliphatic rings. The molecule has 0 atom stereocenters. The highest BCUT2D eigenvalue weighted by atomic mass is 19.3. The van der Waals surface area contributed by atoms with Gasteiger partial charge in [-0.05, 0) is 11.6 Å². The van der Waals surface area contributed by atoms with Crippen molar-refractivity contribution in [2.24, 2.45) is 0 Å². The lowest BCUT2D eigenvalue weighted by atomic mass is 10.1. The zero-order valence-corrected chi connectivity index (χ0v) is 8.82. The quantitative estimate of drug-likeness (QED) is 0.761. The van der Waals surface area contributed by atoms with E-state index in [1.807, 2.05) is 0 Å². The predicted octanol–water partition coefficient (Wildman–Crippen LogP) is 1.94. The van der Waals surface area contributed by atoms with Crippen molar-refractivity contribution < 1.29 is 8.78 Å². The van der Waals surface area contributed by atoms with E-state index in [4.69, 9.17) is 5.73 Å². The Labute approximate surface area is 96.1 Å². The summed E-state index contributed by atoms with van der Waals surface area (Å²) in [7, 11) is 0. The van der Waals surface area contributed by atoms with Gasteiger partial charge in [-0.25, -0.2) is 13.9 Å². The summed E-state index contributed by atoms with van der Waals surface area (Å²) < 4.78 is 24.9. The summed E-state index contributed by atoms with van der Waals surface area (Å²) in [6.45, 7) is 0.359. The number of hydrogen-bond donors (Lipinski definition) is 3. The van der Waals surface area contributed by atoms with Crippen LogP contribution in [0, 0.1) is 0 Å². The van der Waals surface area contributed by atoms with E-state index in [1.165, 1.54) is 12.1 Å². The molecule has 7 heteroatoms. The fraction of sp³-hybridized carbons (Fsp3) is 0.200. The Morgan fingerprint density at radius 2 is 2.24 bits per heavy atom. The first-order valence-corrected chi connectivity index (χ1v) is 4.94. The fourth-order valence-electron chi connectivity index (χ4n) is 1.37. The Morgan fingerprint density at radius 1 is 1.41 bits per heavy atom. The molecule has 2 rings (SSSR count). The largest absolute Gasteiger partial charge is 0.368 e. The predicted molar refractivity (Wildman–Crippen MR) is 59.5 cm³/mol. The van der Waals surface area contributed by atoms with E-state index >= 15 is 0 Å². The zero-order valence-electron chi connectivity index (χ0n) is 8.82. The van der Waals surface area contributed by atoms with Crippen LogP contribution in [0.2, 0.25) is 0 Å². The number of benzene rings is 1. The number of alkyl halides is 2. The standard InChI is InChI=1S/C10H11F2N5/c11-8(12)7-3-1-2-6(4-7)5-14-10-15-9(13)16-17-10/h1-4,8H,5H2,(H4,13,14,15,16,17). The van der Waals surface area contributed by atoms with Gasteiger partial charge in [-0.2, -0.15) is 4.98 Å².